The van der Waals surface area contributed by atoms with Crippen molar-refractivity contribution in [2.45, 2.75) is 13.0 Å². The van der Waals surface area contributed by atoms with Gasteiger partial charge in [-0.1, -0.05) is 6.92 Å². The first kappa shape index (κ1) is 28.2. The van der Waals surface area contributed by atoms with E-state index >= 15 is 0 Å². The van der Waals surface area contributed by atoms with E-state index in [1.807, 2.05) is 0 Å². The number of hydrogen-bond donors (Lipinski definition) is 6. The van der Waals surface area contributed by atoms with Gasteiger partial charge >= 0.3 is 23.9 Å². The third kappa shape index (κ3) is 11.6. The smallest absolute Gasteiger partial charge is 0.322 e. The molecule has 0 bridgehead atoms. The number of amides is 1. The summed E-state index contributed by atoms with van der Waals surface area (Å²) < 4.78 is 0. The Labute approximate surface area is 191 Å². The van der Waals surface area contributed by atoms with Crippen LogP contribution < -0.4 is 10.6 Å². The molecule has 1 amide bonds. The molecule has 1 rings (SSSR count). The van der Waals surface area contributed by atoms with Crippen LogP contribution in [0, 0.1) is 5.92 Å². The number of carbonyl (C=O) groups is 5. The fraction of sp³-hybridized carbons (Fsp3) is 0.737. The summed E-state index contributed by atoms with van der Waals surface area (Å²) >= 11 is 0. The number of carbonyl (C=O) groups excluding carboxylic acids is 1. The summed E-state index contributed by atoms with van der Waals surface area (Å²) in [6.45, 7) is 1.82. The van der Waals surface area contributed by atoms with Crippen molar-refractivity contribution in [2.75, 3.05) is 72.0 Å². The van der Waals surface area contributed by atoms with Crippen LogP contribution in [-0.2, 0) is 24.0 Å². The van der Waals surface area contributed by atoms with Gasteiger partial charge in [0.25, 0.3) is 0 Å². The molecular weight excluding hydrogens is 442 g/mol. The zero-order chi connectivity index (χ0) is 25.0. The molecule has 1 saturated heterocycles. The lowest BCUT2D eigenvalue weighted by molar-refractivity contribution is -0.142. The predicted molar refractivity (Wildman–Crippen MR) is 114 cm³/mol. The molecule has 0 aromatic carbocycles. The van der Waals surface area contributed by atoms with Crippen molar-refractivity contribution in [2.24, 2.45) is 5.92 Å². The second-order valence-corrected chi connectivity index (χ2v) is 7.88. The maximum atomic E-state index is 12.6. The number of aliphatic carboxylic acids is 4. The van der Waals surface area contributed by atoms with Gasteiger partial charge in [0, 0.05) is 51.9 Å². The van der Waals surface area contributed by atoms with Crippen LogP contribution in [0.1, 0.15) is 6.92 Å². The highest BCUT2D eigenvalue weighted by atomic mass is 16.4. The molecule has 14 nitrogen and oxygen atoms in total. The highest BCUT2D eigenvalue weighted by Crippen LogP contribution is 2.15. The summed E-state index contributed by atoms with van der Waals surface area (Å²) in [5.74, 6) is -5.94. The molecule has 188 valence electrons. The normalized spacial score (nSPS) is 20.7. The van der Waals surface area contributed by atoms with Gasteiger partial charge in [0.15, 0.2) is 0 Å². The van der Waals surface area contributed by atoms with E-state index in [2.05, 4.69) is 10.6 Å². The largest absolute Gasteiger partial charge is 0.480 e. The van der Waals surface area contributed by atoms with E-state index in [1.165, 1.54) is 11.8 Å². The van der Waals surface area contributed by atoms with Gasteiger partial charge in [-0.3, -0.25) is 38.7 Å². The summed E-state index contributed by atoms with van der Waals surface area (Å²) in [6.07, 6.45) is 0. The molecule has 0 spiro atoms. The van der Waals surface area contributed by atoms with Crippen molar-refractivity contribution in [1.29, 1.82) is 0 Å². The van der Waals surface area contributed by atoms with Crippen LogP contribution in [0.2, 0.25) is 0 Å². The van der Waals surface area contributed by atoms with Gasteiger partial charge in [0.2, 0.25) is 5.91 Å². The quantitative estimate of drug-likeness (QED) is 0.186. The lowest BCUT2D eigenvalue weighted by Gasteiger charge is -2.38. The second kappa shape index (κ2) is 14.4. The molecule has 2 atom stereocenters. The molecule has 6 N–H and O–H groups in total. The summed E-state index contributed by atoms with van der Waals surface area (Å²) in [5.41, 5.74) is 0. The molecule has 1 aliphatic heterocycles. The zero-order valence-electron chi connectivity index (χ0n) is 18.6. The summed E-state index contributed by atoms with van der Waals surface area (Å²) in [7, 11) is 0. The summed E-state index contributed by atoms with van der Waals surface area (Å²) in [4.78, 5) is 62.2. The number of nitrogens with one attached hydrogen (secondary N) is 2. The molecule has 2 unspecified atom stereocenters. The maximum absolute atomic E-state index is 12.6. The van der Waals surface area contributed by atoms with E-state index in [4.69, 9.17) is 10.2 Å². The van der Waals surface area contributed by atoms with Crippen molar-refractivity contribution >= 4 is 29.8 Å². The monoisotopic (exact) mass is 475 g/mol. The van der Waals surface area contributed by atoms with E-state index < -0.39 is 54.8 Å². The molecule has 1 fully saturated rings. The fourth-order valence-electron chi connectivity index (χ4n) is 3.64. The Hall–Kier alpha value is -2.81. The molecule has 0 radical (unpaired) electrons. The summed E-state index contributed by atoms with van der Waals surface area (Å²) in [5, 5.41) is 42.1. The van der Waals surface area contributed by atoms with Crippen LogP contribution in [0.25, 0.3) is 0 Å². The molecule has 14 heteroatoms. The Balaban J connectivity index is 3.18. The zero-order valence-corrected chi connectivity index (χ0v) is 18.6. The van der Waals surface area contributed by atoms with Crippen LogP contribution in [-0.4, -0.2) is 143 Å². The Kier molecular flexibility index (Phi) is 12.3. The molecule has 33 heavy (non-hydrogen) atoms. The number of carboxylic acids is 4. The highest BCUT2D eigenvalue weighted by Gasteiger charge is 2.33. The molecule has 0 aliphatic carbocycles. The SMILES string of the molecule is CC(C(=O)NCC(=O)O)C1CN(CC(=O)O)CCN(CC(=O)O)CCNCCN1CC(=O)O. The van der Waals surface area contributed by atoms with E-state index in [1.54, 1.807) is 9.80 Å². The highest BCUT2D eigenvalue weighted by molar-refractivity contribution is 5.83. The topological polar surface area (TPSA) is 200 Å². The predicted octanol–water partition coefficient (Wildman–Crippen LogP) is -3.05. The standard InChI is InChI=1S/C19H33N5O9/c1-13(19(33)21-8-15(25)26)14-9-23(11-17(29)30)7-6-22(10-16(27)28)4-2-20-3-5-24(14)12-18(31)32/h13-14,20H,2-12H2,1H3,(H,21,33)(H,25,26)(H,27,28)(H,29,30)(H,31,32). The molecule has 0 aromatic rings. The van der Waals surface area contributed by atoms with Crippen LogP contribution in [0.4, 0.5) is 0 Å². The number of carboxylic acid groups (broad SMARTS) is 4. The van der Waals surface area contributed by atoms with Crippen LogP contribution in [0.15, 0.2) is 0 Å². The lowest BCUT2D eigenvalue weighted by atomic mass is 9.97. The number of hydrogen-bond acceptors (Lipinski definition) is 9. The van der Waals surface area contributed by atoms with E-state index in [-0.39, 0.29) is 39.3 Å². The van der Waals surface area contributed by atoms with Crippen LogP contribution in [0.5, 0.6) is 0 Å². The third-order valence-electron chi connectivity index (χ3n) is 5.29. The van der Waals surface area contributed by atoms with Gasteiger partial charge in [-0.05, 0) is 0 Å². The first-order chi connectivity index (χ1) is 15.5. The first-order valence-corrected chi connectivity index (χ1v) is 10.5. The third-order valence-corrected chi connectivity index (χ3v) is 5.29. The van der Waals surface area contributed by atoms with Crippen LogP contribution in [0.3, 0.4) is 0 Å². The Morgan fingerprint density at radius 3 is 1.94 bits per heavy atom. The molecule has 0 saturated carbocycles. The Morgan fingerprint density at radius 1 is 0.818 bits per heavy atom. The first-order valence-electron chi connectivity index (χ1n) is 10.5. The van der Waals surface area contributed by atoms with Crippen molar-refractivity contribution < 1.29 is 44.4 Å². The Morgan fingerprint density at radius 2 is 1.36 bits per heavy atom. The average Bonchev–Trinajstić information content (AvgIpc) is 2.69. The fourth-order valence-corrected chi connectivity index (χ4v) is 3.64. The average molecular weight is 475 g/mol. The molecule has 1 aliphatic rings. The van der Waals surface area contributed by atoms with Gasteiger partial charge in [-0.25, -0.2) is 0 Å². The molecule has 0 aromatic heterocycles. The summed E-state index contributed by atoms with van der Waals surface area (Å²) in [6, 6.07) is -0.733. The van der Waals surface area contributed by atoms with Gasteiger partial charge < -0.3 is 31.1 Å². The van der Waals surface area contributed by atoms with Crippen molar-refractivity contribution in [1.82, 2.24) is 25.3 Å². The molecular formula is C19H33N5O9. The number of rotatable bonds is 10. The number of nitrogens with zero attached hydrogens (tertiary/aromatic N) is 3. The molecule has 1 heterocycles. The minimum atomic E-state index is -1.23. The van der Waals surface area contributed by atoms with Gasteiger partial charge in [-0.15, -0.1) is 0 Å². The van der Waals surface area contributed by atoms with E-state index in [9.17, 15) is 34.2 Å². The van der Waals surface area contributed by atoms with E-state index in [0.29, 0.717) is 19.6 Å². The second-order valence-electron chi connectivity index (χ2n) is 7.88. The van der Waals surface area contributed by atoms with Crippen molar-refractivity contribution in [3.8, 4) is 0 Å². The Bertz CT molecular complexity index is 705. The van der Waals surface area contributed by atoms with Gasteiger partial charge in [0.1, 0.15) is 6.54 Å². The van der Waals surface area contributed by atoms with Crippen LogP contribution >= 0.6 is 0 Å². The minimum absolute atomic E-state index is 0.0160. The van der Waals surface area contributed by atoms with E-state index in [0.717, 1.165) is 0 Å². The van der Waals surface area contributed by atoms with Gasteiger partial charge in [0.05, 0.1) is 25.6 Å². The maximum Gasteiger partial charge on any atom is 0.322 e. The lowest BCUT2D eigenvalue weighted by Crippen LogP contribution is -2.56. The van der Waals surface area contributed by atoms with Gasteiger partial charge in [-0.2, -0.15) is 0 Å². The van der Waals surface area contributed by atoms with Crippen molar-refractivity contribution in [3.63, 3.8) is 0 Å². The van der Waals surface area contributed by atoms with Crippen molar-refractivity contribution in [3.05, 3.63) is 0 Å². The minimum Gasteiger partial charge on any atom is -0.480 e.